The van der Waals surface area contributed by atoms with Crippen LogP contribution < -0.4 is 0 Å². The number of carbonyl (C=O) groups excluding carboxylic acids is 1. The van der Waals surface area contributed by atoms with E-state index in [0.29, 0.717) is 25.2 Å². The molecule has 3 rings (SSSR count). The Morgan fingerprint density at radius 1 is 1.19 bits per heavy atom. The van der Waals surface area contributed by atoms with E-state index in [9.17, 15) is 18.3 Å². The van der Waals surface area contributed by atoms with Crippen LogP contribution in [0.5, 0.6) is 5.75 Å². The second kappa shape index (κ2) is 8.06. The van der Waals surface area contributed by atoms with Crippen LogP contribution in [0.15, 0.2) is 41.3 Å². The van der Waals surface area contributed by atoms with Gasteiger partial charge in [-0.25, -0.2) is 13.2 Å². The normalized spacial score (nSPS) is 17.0. The minimum Gasteiger partial charge on any atom is -0.507 e. The first-order chi connectivity index (χ1) is 12.7. The standard InChI is InChI=1S/C18H16Cl2O6S/c19-12-6-13(20)8-15(7-12)27(23,24)10-11-1-2-16(17(21)5-11)18(22)26-14-3-4-25-9-14/h1-2,5-8,14,21H,3-4,9-10H2. The highest BCUT2D eigenvalue weighted by Crippen LogP contribution is 2.27. The fourth-order valence-electron chi connectivity index (χ4n) is 2.67. The Morgan fingerprint density at radius 2 is 1.89 bits per heavy atom. The van der Waals surface area contributed by atoms with Crippen molar-refractivity contribution in [3.8, 4) is 5.75 Å². The van der Waals surface area contributed by atoms with Gasteiger partial charge in [0.05, 0.1) is 23.9 Å². The van der Waals surface area contributed by atoms with Gasteiger partial charge < -0.3 is 14.6 Å². The van der Waals surface area contributed by atoms with E-state index >= 15 is 0 Å². The first-order valence-electron chi connectivity index (χ1n) is 8.04. The third-order valence-electron chi connectivity index (χ3n) is 4.00. The maximum Gasteiger partial charge on any atom is 0.342 e. The topological polar surface area (TPSA) is 89.9 Å². The summed E-state index contributed by atoms with van der Waals surface area (Å²) in [5, 5.41) is 10.5. The Hall–Kier alpha value is -1.80. The Labute approximate surface area is 166 Å². The van der Waals surface area contributed by atoms with Crippen molar-refractivity contribution in [1.29, 1.82) is 0 Å². The van der Waals surface area contributed by atoms with Crippen molar-refractivity contribution in [2.45, 2.75) is 23.2 Å². The maximum atomic E-state index is 12.6. The first-order valence-corrected chi connectivity index (χ1v) is 10.4. The molecule has 0 amide bonds. The van der Waals surface area contributed by atoms with E-state index in [4.69, 9.17) is 32.7 Å². The minimum absolute atomic E-state index is 0.0239. The van der Waals surface area contributed by atoms with Crippen molar-refractivity contribution in [2.24, 2.45) is 0 Å². The predicted octanol–water partition coefficient (Wildman–Crippen LogP) is 3.62. The van der Waals surface area contributed by atoms with Crippen molar-refractivity contribution in [1.82, 2.24) is 0 Å². The smallest absolute Gasteiger partial charge is 0.342 e. The Bertz CT molecular complexity index is 948. The summed E-state index contributed by atoms with van der Waals surface area (Å²) in [6.07, 6.45) is 0.259. The summed E-state index contributed by atoms with van der Waals surface area (Å²) in [4.78, 5) is 12.1. The summed E-state index contributed by atoms with van der Waals surface area (Å²) >= 11 is 11.7. The van der Waals surface area contributed by atoms with Crippen LogP contribution in [0.1, 0.15) is 22.3 Å². The van der Waals surface area contributed by atoms with E-state index in [1.807, 2.05) is 0 Å². The van der Waals surface area contributed by atoms with Crippen molar-refractivity contribution in [3.63, 3.8) is 0 Å². The lowest BCUT2D eigenvalue weighted by atomic mass is 10.1. The number of phenolic OH excluding ortho intramolecular Hbond substituents is 1. The summed E-state index contributed by atoms with van der Waals surface area (Å²) in [5.74, 6) is -1.42. The van der Waals surface area contributed by atoms with E-state index < -0.39 is 15.8 Å². The fraction of sp³-hybridized carbons (Fsp3) is 0.278. The molecule has 9 heteroatoms. The molecule has 0 aliphatic carbocycles. The number of esters is 1. The Balaban J connectivity index is 1.77. The van der Waals surface area contributed by atoms with Gasteiger partial charge in [-0.1, -0.05) is 29.3 Å². The molecule has 1 unspecified atom stereocenters. The first kappa shape index (κ1) is 19.9. The molecule has 0 spiro atoms. The second-order valence-electron chi connectivity index (χ2n) is 6.11. The monoisotopic (exact) mass is 430 g/mol. The Kier molecular flexibility index (Phi) is 5.95. The van der Waals surface area contributed by atoms with Crippen LogP contribution in [0.4, 0.5) is 0 Å². The number of benzene rings is 2. The van der Waals surface area contributed by atoms with Crippen molar-refractivity contribution >= 4 is 39.0 Å². The van der Waals surface area contributed by atoms with Gasteiger partial charge in [0.1, 0.15) is 17.4 Å². The van der Waals surface area contributed by atoms with E-state index in [1.54, 1.807) is 0 Å². The van der Waals surface area contributed by atoms with Crippen LogP contribution in [0, 0.1) is 0 Å². The number of sulfone groups is 1. The van der Waals surface area contributed by atoms with Crippen LogP contribution in [0.3, 0.4) is 0 Å². The van der Waals surface area contributed by atoms with Crippen molar-refractivity contribution in [2.75, 3.05) is 13.2 Å². The third kappa shape index (κ3) is 4.93. The zero-order chi connectivity index (χ0) is 19.6. The quantitative estimate of drug-likeness (QED) is 0.728. The molecular formula is C18H16Cl2O6S. The van der Waals surface area contributed by atoms with Gasteiger partial charge in [-0.3, -0.25) is 0 Å². The summed E-state index contributed by atoms with van der Waals surface area (Å²) in [7, 11) is -3.74. The van der Waals surface area contributed by atoms with Gasteiger partial charge in [0.15, 0.2) is 9.84 Å². The fourth-order valence-corrected chi connectivity index (χ4v) is 4.72. The average molecular weight is 431 g/mol. The maximum absolute atomic E-state index is 12.6. The highest BCUT2D eigenvalue weighted by molar-refractivity contribution is 7.90. The summed E-state index contributed by atoms with van der Waals surface area (Å²) in [5.41, 5.74) is 0.276. The lowest BCUT2D eigenvalue weighted by Gasteiger charge is -2.12. The summed E-state index contributed by atoms with van der Waals surface area (Å²) < 4.78 is 35.5. The molecule has 0 radical (unpaired) electrons. The number of carbonyl (C=O) groups is 1. The SMILES string of the molecule is O=C(OC1CCOC1)c1ccc(CS(=O)(=O)c2cc(Cl)cc(Cl)c2)cc1O. The summed E-state index contributed by atoms with van der Waals surface area (Å²) in [6, 6.07) is 8.06. The number of aromatic hydroxyl groups is 1. The van der Waals surface area contributed by atoms with E-state index in [0.717, 1.165) is 0 Å². The van der Waals surface area contributed by atoms with Gasteiger partial charge in [-0.05, 0) is 35.9 Å². The van der Waals surface area contributed by atoms with Gasteiger partial charge in [0.25, 0.3) is 0 Å². The zero-order valence-corrected chi connectivity index (χ0v) is 16.4. The molecule has 1 aliphatic rings. The molecule has 1 N–H and O–H groups in total. The minimum atomic E-state index is -3.74. The molecular weight excluding hydrogens is 415 g/mol. The highest BCUT2D eigenvalue weighted by Gasteiger charge is 2.23. The molecule has 27 heavy (non-hydrogen) atoms. The van der Waals surface area contributed by atoms with Crippen LogP contribution in [0.25, 0.3) is 0 Å². The number of rotatable bonds is 5. The van der Waals surface area contributed by atoms with Crippen LogP contribution in [0.2, 0.25) is 10.0 Å². The van der Waals surface area contributed by atoms with Crippen molar-refractivity contribution < 1.29 is 27.8 Å². The summed E-state index contributed by atoms with van der Waals surface area (Å²) in [6.45, 7) is 0.846. The van der Waals surface area contributed by atoms with Crippen LogP contribution >= 0.6 is 23.2 Å². The van der Waals surface area contributed by atoms with Crippen molar-refractivity contribution in [3.05, 3.63) is 57.6 Å². The Morgan fingerprint density at radius 3 is 2.48 bits per heavy atom. The van der Waals surface area contributed by atoms with E-state index in [1.165, 1.54) is 36.4 Å². The lowest BCUT2D eigenvalue weighted by molar-refractivity contribution is 0.0267. The molecule has 6 nitrogen and oxygen atoms in total. The molecule has 1 atom stereocenters. The molecule has 2 aromatic rings. The molecule has 1 saturated heterocycles. The lowest BCUT2D eigenvalue weighted by Crippen LogP contribution is -2.18. The number of hydrogen-bond acceptors (Lipinski definition) is 6. The molecule has 2 aromatic carbocycles. The molecule has 1 aliphatic heterocycles. The zero-order valence-electron chi connectivity index (χ0n) is 14.0. The van der Waals surface area contributed by atoms with Crippen LogP contribution in [-0.4, -0.2) is 38.8 Å². The number of ether oxygens (including phenoxy) is 2. The average Bonchev–Trinajstić information content (AvgIpc) is 3.06. The number of hydrogen-bond donors (Lipinski definition) is 1. The van der Waals surface area contributed by atoms with Gasteiger partial charge in [0.2, 0.25) is 0 Å². The predicted molar refractivity (Wildman–Crippen MR) is 100 cm³/mol. The molecule has 0 saturated carbocycles. The van der Waals surface area contributed by atoms with Crippen LogP contribution in [-0.2, 0) is 25.1 Å². The second-order valence-corrected chi connectivity index (χ2v) is 8.97. The molecule has 144 valence electrons. The number of halogens is 2. The van der Waals surface area contributed by atoms with Gasteiger partial charge in [-0.2, -0.15) is 0 Å². The van der Waals surface area contributed by atoms with Gasteiger partial charge in [0, 0.05) is 16.5 Å². The van der Waals surface area contributed by atoms with Gasteiger partial charge in [-0.15, -0.1) is 0 Å². The molecule has 0 aromatic heterocycles. The van der Waals surface area contributed by atoms with Gasteiger partial charge >= 0.3 is 5.97 Å². The highest BCUT2D eigenvalue weighted by atomic mass is 35.5. The third-order valence-corrected chi connectivity index (χ3v) is 6.10. The largest absolute Gasteiger partial charge is 0.507 e. The molecule has 1 fully saturated rings. The molecule has 1 heterocycles. The van der Waals surface area contributed by atoms with E-state index in [-0.39, 0.29) is 38.1 Å². The van der Waals surface area contributed by atoms with E-state index in [2.05, 4.69) is 0 Å². The number of phenols is 1. The molecule has 0 bridgehead atoms.